The van der Waals surface area contributed by atoms with Gasteiger partial charge in [-0.15, -0.1) is 0 Å². The SMILES string of the molecule is CCNC(Cc1cc(F)cc(F)c1)C1=CCCO1. The maximum Gasteiger partial charge on any atom is 0.126 e. The molecule has 0 spiro atoms. The molecule has 1 aliphatic heterocycles. The van der Waals surface area contributed by atoms with Crippen molar-refractivity contribution < 1.29 is 13.5 Å². The minimum atomic E-state index is -0.540. The summed E-state index contributed by atoms with van der Waals surface area (Å²) in [6, 6.07) is 3.60. The first kappa shape index (κ1) is 13.0. The number of hydrogen-bond donors (Lipinski definition) is 1. The first-order valence-corrected chi connectivity index (χ1v) is 6.20. The lowest BCUT2D eigenvalue weighted by Crippen LogP contribution is -2.33. The van der Waals surface area contributed by atoms with Gasteiger partial charge in [-0.3, -0.25) is 0 Å². The fourth-order valence-electron chi connectivity index (χ4n) is 2.16. The van der Waals surface area contributed by atoms with Crippen molar-refractivity contribution in [1.29, 1.82) is 0 Å². The molecule has 0 bridgehead atoms. The van der Waals surface area contributed by atoms with Crippen LogP contribution in [0.15, 0.2) is 30.0 Å². The molecule has 2 nitrogen and oxygen atoms in total. The summed E-state index contributed by atoms with van der Waals surface area (Å²) >= 11 is 0. The molecule has 98 valence electrons. The largest absolute Gasteiger partial charge is 0.496 e. The predicted molar refractivity (Wildman–Crippen MR) is 66.2 cm³/mol. The van der Waals surface area contributed by atoms with Gasteiger partial charge in [0.25, 0.3) is 0 Å². The second-order valence-electron chi connectivity index (χ2n) is 4.34. The fourth-order valence-corrected chi connectivity index (χ4v) is 2.16. The summed E-state index contributed by atoms with van der Waals surface area (Å²) in [5, 5.41) is 3.27. The number of hydrogen-bond acceptors (Lipinski definition) is 2. The van der Waals surface area contributed by atoms with Crippen molar-refractivity contribution in [1.82, 2.24) is 5.32 Å². The zero-order valence-electron chi connectivity index (χ0n) is 10.4. The smallest absolute Gasteiger partial charge is 0.126 e. The Morgan fingerprint density at radius 2 is 2.00 bits per heavy atom. The van der Waals surface area contributed by atoms with Crippen LogP contribution in [0.4, 0.5) is 8.78 Å². The molecule has 1 atom stereocenters. The van der Waals surface area contributed by atoms with E-state index in [1.54, 1.807) is 0 Å². The zero-order valence-corrected chi connectivity index (χ0v) is 10.4. The van der Waals surface area contributed by atoms with Crippen LogP contribution >= 0.6 is 0 Å². The van der Waals surface area contributed by atoms with E-state index in [-0.39, 0.29) is 6.04 Å². The van der Waals surface area contributed by atoms with Crippen molar-refractivity contribution in [3.05, 3.63) is 47.2 Å². The highest BCUT2D eigenvalue weighted by Crippen LogP contribution is 2.18. The molecule has 0 aromatic heterocycles. The van der Waals surface area contributed by atoms with E-state index < -0.39 is 11.6 Å². The molecular formula is C14H17F2NO. The van der Waals surface area contributed by atoms with Gasteiger partial charge in [0, 0.05) is 12.5 Å². The van der Waals surface area contributed by atoms with E-state index in [2.05, 4.69) is 5.32 Å². The maximum atomic E-state index is 13.1. The van der Waals surface area contributed by atoms with Crippen molar-refractivity contribution in [3.63, 3.8) is 0 Å². The van der Waals surface area contributed by atoms with Gasteiger partial charge < -0.3 is 10.1 Å². The van der Waals surface area contributed by atoms with Crippen LogP contribution in [0.1, 0.15) is 18.9 Å². The summed E-state index contributed by atoms with van der Waals surface area (Å²) in [6.07, 6.45) is 3.45. The molecule has 0 saturated heterocycles. The van der Waals surface area contributed by atoms with Crippen LogP contribution in [-0.2, 0) is 11.2 Å². The summed E-state index contributed by atoms with van der Waals surface area (Å²) in [4.78, 5) is 0. The molecule has 0 saturated carbocycles. The molecule has 0 radical (unpaired) electrons. The molecule has 2 rings (SSSR count). The second-order valence-corrected chi connectivity index (χ2v) is 4.34. The van der Waals surface area contributed by atoms with Gasteiger partial charge in [-0.25, -0.2) is 8.78 Å². The normalized spacial score (nSPS) is 16.3. The highest BCUT2D eigenvalue weighted by atomic mass is 19.1. The van der Waals surface area contributed by atoms with Crippen molar-refractivity contribution in [2.75, 3.05) is 13.2 Å². The van der Waals surface area contributed by atoms with Crippen molar-refractivity contribution in [2.24, 2.45) is 0 Å². The molecule has 1 N–H and O–H groups in total. The lowest BCUT2D eigenvalue weighted by molar-refractivity contribution is 0.215. The Morgan fingerprint density at radius 3 is 2.56 bits per heavy atom. The summed E-state index contributed by atoms with van der Waals surface area (Å²) in [6.45, 7) is 3.46. The van der Waals surface area contributed by atoms with E-state index in [0.29, 0.717) is 18.6 Å². The summed E-state index contributed by atoms with van der Waals surface area (Å²) < 4.78 is 31.8. The molecule has 4 heteroatoms. The highest BCUT2D eigenvalue weighted by molar-refractivity contribution is 5.22. The molecule has 1 aromatic carbocycles. The summed E-state index contributed by atoms with van der Waals surface area (Å²) in [7, 11) is 0. The molecular weight excluding hydrogens is 236 g/mol. The molecule has 0 fully saturated rings. The van der Waals surface area contributed by atoms with Gasteiger partial charge in [0.2, 0.25) is 0 Å². The number of ether oxygens (including phenoxy) is 1. The summed E-state index contributed by atoms with van der Waals surface area (Å²) in [5.74, 6) is -0.204. The van der Waals surface area contributed by atoms with Gasteiger partial charge in [0.05, 0.1) is 12.6 Å². The standard InChI is InChI=1S/C14H17F2NO/c1-2-17-13(14-4-3-5-18-14)8-10-6-11(15)9-12(16)7-10/h4,6-7,9,13,17H,2-3,5,8H2,1H3. The van der Waals surface area contributed by atoms with E-state index in [1.165, 1.54) is 12.1 Å². The monoisotopic (exact) mass is 253 g/mol. The van der Waals surface area contributed by atoms with E-state index >= 15 is 0 Å². The predicted octanol–water partition coefficient (Wildman–Crippen LogP) is 2.79. The number of benzene rings is 1. The first-order chi connectivity index (χ1) is 8.69. The molecule has 1 aliphatic rings. The topological polar surface area (TPSA) is 21.3 Å². The van der Waals surface area contributed by atoms with Crippen molar-refractivity contribution in [2.45, 2.75) is 25.8 Å². The lowest BCUT2D eigenvalue weighted by Gasteiger charge is -2.19. The number of likely N-dealkylation sites (N-methyl/N-ethyl adjacent to an activating group) is 1. The molecule has 1 aromatic rings. The average molecular weight is 253 g/mol. The Bertz CT molecular complexity index is 425. The van der Waals surface area contributed by atoms with Gasteiger partial charge >= 0.3 is 0 Å². The third kappa shape index (κ3) is 3.29. The van der Waals surface area contributed by atoms with Crippen LogP contribution in [0.5, 0.6) is 0 Å². The third-order valence-corrected chi connectivity index (χ3v) is 2.89. The third-order valence-electron chi connectivity index (χ3n) is 2.89. The second kappa shape index (κ2) is 5.96. The fraction of sp³-hybridized carbons (Fsp3) is 0.429. The average Bonchev–Trinajstić information content (AvgIpc) is 2.80. The van der Waals surface area contributed by atoms with Crippen LogP contribution in [0.2, 0.25) is 0 Å². The van der Waals surface area contributed by atoms with Gasteiger partial charge in [-0.1, -0.05) is 6.92 Å². The van der Waals surface area contributed by atoms with E-state index in [0.717, 1.165) is 24.8 Å². The molecule has 0 amide bonds. The van der Waals surface area contributed by atoms with E-state index in [4.69, 9.17) is 4.74 Å². The van der Waals surface area contributed by atoms with Gasteiger partial charge in [0.15, 0.2) is 0 Å². The molecule has 0 aliphatic carbocycles. The molecule has 1 unspecified atom stereocenters. The number of halogens is 2. The van der Waals surface area contributed by atoms with Crippen LogP contribution in [0.3, 0.4) is 0 Å². The maximum absolute atomic E-state index is 13.1. The van der Waals surface area contributed by atoms with Crippen LogP contribution in [0, 0.1) is 11.6 Å². The lowest BCUT2D eigenvalue weighted by atomic mass is 10.0. The Labute approximate surface area is 106 Å². The van der Waals surface area contributed by atoms with Crippen molar-refractivity contribution in [3.8, 4) is 0 Å². The minimum absolute atomic E-state index is 0.0151. The molecule has 18 heavy (non-hydrogen) atoms. The van der Waals surface area contributed by atoms with Crippen LogP contribution < -0.4 is 5.32 Å². The van der Waals surface area contributed by atoms with E-state index in [1.807, 2.05) is 13.0 Å². The molecule has 1 heterocycles. The Kier molecular flexibility index (Phi) is 4.31. The Balaban J connectivity index is 2.12. The first-order valence-electron chi connectivity index (χ1n) is 6.20. The Morgan fingerprint density at radius 1 is 1.28 bits per heavy atom. The Hall–Kier alpha value is -1.42. The highest BCUT2D eigenvalue weighted by Gasteiger charge is 2.18. The van der Waals surface area contributed by atoms with Gasteiger partial charge in [-0.2, -0.15) is 0 Å². The van der Waals surface area contributed by atoms with Gasteiger partial charge in [-0.05, 0) is 36.7 Å². The van der Waals surface area contributed by atoms with Crippen LogP contribution in [0.25, 0.3) is 0 Å². The quantitative estimate of drug-likeness (QED) is 0.871. The van der Waals surface area contributed by atoms with Crippen LogP contribution in [-0.4, -0.2) is 19.2 Å². The van der Waals surface area contributed by atoms with Crippen molar-refractivity contribution >= 4 is 0 Å². The number of nitrogens with one attached hydrogen (secondary N) is 1. The summed E-state index contributed by atoms with van der Waals surface area (Å²) in [5.41, 5.74) is 0.634. The van der Waals surface area contributed by atoms with Gasteiger partial charge in [0.1, 0.15) is 17.4 Å². The number of rotatable bonds is 5. The van der Waals surface area contributed by atoms with E-state index in [9.17, 15) is 8.78 Å². The zero-order chi connectivity index (χ0) is 13.0. The minimum Gasteiger partial charge on any atom is -0.496 e.